The smallest absolute Gasteiger partial charge is 0.316 e. The van der Waals surface area contributed by atoms with Crippen molar-refractivity contribution in [2.45, 2.75) is 40.0 Å². The van der Waals surface area contributed by atoms with Crippen molar-refractivity contribution in [3.63, 3.8) is 0 Å². The van der Waals surface area contributed by atoms with Gasteiger partial charge in [-0.1, -0.05) is 7.43 Å². The van der Waals surface area contributed by atoms with Gasteiger partial charge in [-0.15, -0.1) is 0 Å². The third kappa shape index (κ3) is 8.51. The van der Waals surface area contributed by atoms with Crippen LogP contribution in [0.2, 0.25) is 0 Å². The van der Waals surface area contributed by atoms with Crippen LogP contribution >= 0.6 is 23.5 Å². The minimum atomic E-state index is -0.491. The zero-order valence-electron chi connectivity index (χ0n) is 11.9. The van der Waals surface area contributed by atoms with Crippen LogP contribution in [0.1, 0.15) is 40.0 Å². The van der Waals surface area contributed by atoms with Crippen molar-refractivity contribution in [1.29, 1.82) is 0 Å². The van der Waals surface area contributed by atoms with E-state index >= 15 is 0 Å². The molecule has 2 aliphatic rings. The van der Waals surface area contributed by atoms with E-state index in [1.807, 2.05) is 11.8 Å². The Labute approximate surface area is 136 Å². The quantitative estimate of drug-likeness (QED) is 0.571. The molecule has 0 spiro atoms. The number of carbonyl (C=O) groups excluding carboxylic acids is 3. The first-order valence-electron chi connectivity index (χ1n) is 7.01. The molecule has 0 radical (unpaired) electrons. The van der Waals surface area contributed by atoms with Gasteiger partial charge in [0.05, 0.1) is 6.61 Å². The second kappa shape index (κ2) is 12.1. The molecule has 0 aromatic rings. The third-order valence-corrected chi connectivity index (χ3v) is 5.06. The molecule has 0 aromatic heterocycles. The number of hydrogen-bond donors (Lipinski definition) is 0. The fourth-order valence-corrected chi connectivity index (χ4v) is 3.80. The Morgan fingerprint density at radius 2 is 1.67 bits per heavy atom. The molecule has 122 valence electrons. The summed E-state index contributed by atoms with van der Waals surface area (Å²) in [6.07, 6.45) is 2.77. The van der Waals surface area contributed by atoms with Crippen molar-refractivity contribution >= 4 is 41.1 Å². The maximum Gasteiger partial charge on any atom is 0.316 e. The van der Waals surface area contributed by atoms with Gasteiger partial charge in [-0.3, -0.25) is 14.4 Å². The van der Waals surface area contributed by atoms with E-state index in [4.69, 9.17) is 4.74 Å². The first-order valence-corrected chi connectivity index (χ1v) is 9.32. The molecule has 21 heavy (non-hydrogen) atoms. The van der Waals surface area contributed by atoms with Crippen molar-refractivity contribution in [2.24, 2.45) is 5.92 Å². The van der Waals surface area contributed by atoms with E-state index in [9.17, 15) is 14.4 Å². The van der Waals surface area contributed by atoms with Crippen LogP contribution in [-0.4, -0.2) is 47.2 Å². The van der Waals surface area contributed by atoms with Crippen molar-refractivity contribution in [3.05, 3.63) is 0 Å². The topological polar surface area (TPSA) is 60.4 Å². The van der Waals surface area contributed by atoms with Crippen LogP contribution in [0.4, 0.5) is 0 Å². The lowest BCUT2D eigenvalue weighted by Gasteiger charge is -2.10. The number of carbonyl (C=O) groups is 3. The van der Waals surface area contributed by atoms with Crippen LogP contribution in [-0.2, 0) is 19.1 Å². The van der Waals surface area contributed by atoms with Crippen LogP contribution in [0.5, 0.6) is 0 Å². The number of esters is 1. The predicted molar refractivity (Wildman–Crippen MR) is 90.0 cm³/mol. The van der Waals surface area contributed by atoms with Gasteiger partial charge >= 0.3 is 5.97 Å². The molecule has 1 atom stereocenters. The second-order valence-electron chi connectivity index (χ2n) is 4.57. The summed E-state index contributed by atoms with van der Waals surface area (Å²) in [4.78, 5) is 33.2. The number of thioether (sulfide) groups is 2. The molecule has 2 fully saturated rings. The molecule has 2 rings (SSSR count). The highest BCUT2D eigenvalue weighted by Gasteiger charge is 2.28. The molecule has 0 saturated carbocycles. The predicted octanol–water partition coefficient (Wildman–Crippen LogP) is 2.98. The molecule has 0 N–H and O–H groups in total. The van der Waals surface area contributed by atoms with E-state index in [0.29, 0.717) is 25.2 Å². The molecular weight excluding hydrogens is 308 g/mol. The van der Waals surface area contributed by atoms with Crippen LogP contribution in [0, 0.1) is 5.92 Å². The van der Waals surface area contributed by atoms with E-state index in [1.165, 1.54) is 0 Å². The standard InChI is InChI=1S/C9H14O3S.C5H8OS.CH4/c1-2-12-9(11)7-3-5-13-6-4-8(7)10;6-5-1-3-7-4-2-5;/h7H,2-6H2,1H3;1-4H2;1H4. The van der Waals surface area contributed by atoms with Gasteiger partial charge in [0, 0.05) is 36.5 Å². The molecule has 2 saturated heterocycles. The fourth-order valence-electron chi connectivity index (χ4n) is 1.90. The summed E-state index contributed by atoms with van der Waals surface area (Å²) in [6, 6.07) is 0. The van der Waals surface area contributed by atoms with Crippen LogP contribution in [0.25, 0.3) is 0 Å². The minimum absolute atomic E-state index is 0. The molecule has 0 aromatic carbocycles. The summed E-state index contributed by atoms with van der Waals surface area (Å²) in [7, 11) is 0. The number of hydrogen-bond acceptors (Lipinski definition) is 6. The van der Waals surface area contributed by atoms with Crippen molar-refractivity contribution in [3.8, 4) is 0 Å². The maximum absolute atomic E-state index is 11.4. The van der Waals surface area contributed by atoms with Gasteiger partial charge in [0.1, 0.15) is 17.5 Å². The van der Waals surface area contributed by atoms with Crippen LogP contribution in [0.3, 0.4) is 0 Å². The summed E-state index contributed by atoms with van der Waals surface area (Å²) < 4.78 is 4.84. The lowest BCUT2D eigenvalue weighted by molar-refractivity contribution is -0.151. The Bertz CT molecular complexity index is 337. The summed E-state index contributed by atoms with van der Waals surface area (Å²) in [5, 5.41) is 0. The van der Waals surface area contributed by atoms with E-state index in [0.717, 1.165) is 35.9 Å². The van der Waals surface area contributed by atoms with Gasteiger partial charge < -0.3 is 4.74 Å². The number of Topliss-reactive ketones (excluding diaryl/α,β-unsaturated/α-hetero) is 2. The Kier molecular flexibility index (Phi) is 11.8. The molecule has 1 unspecified atom stereocenters. The molecule has 2 aliphatic heterocycles. The number of ketones is 2. The summed E-state index contributed by atoms with van der Waals surface area (Å²) in [5.41, 5.74) is 0. The normalized spacial score (nSPS) is 22.2. The van der Waals surface area contributed by atoms with Crippen molar-refractivity contribution < 1.29 is 19.1 Å². The van der Waals surface area contributed by atoms with E-state index < -0.39 is 5.92 Å². The van der Waals surface area contributed by atoms with Crippen LogP contribution in [0.15, 0.2) is 0 Å². The highest BCUT2D eigenvalue weighted by atomic mass is 32.2. The van der Waals surface area contributed by atoms with Gasteiger partial charge in [0.2, 0.25) is 0 Å². The monoisotopic (exact) mass is 334 g/mol. The van der Waals surface area contributed by atoms with E-state index in [-0.39, 0.29) is 19.2 Å². The molecular formula is C15H26O4S2. The summed E-state index contributed by atoms with van der Waals surface area (Å²) in [5.74, 6) is 3.49. The Morgan fingerprint density at radius 1 is 1.10 bits per heavy atom. The Balaban J connectivity index is 0.000000425. The highest BCUT2D eigenvalue weighted by Crippen LogP contribution is 2.20. The van der Waals surface area contributed by atoms with Crippen LogP contribution < -0.4 is 0 Å². The lowest BCUT2D eigenvalue weighted by Crippen LogP contribution is -2.25. The van der Waals surface area contributed by atoms with Gasteiger partial charge in [0.25, 0.3) is 0 Å². The molecule has 2 heterocycles. The summed E-state index contributed by atoms with van der Waals surface area (Å²) in [6.45, 7) is 2.11. The number of rotatable bonds is 2. The van der Waals surface area contributed by atoms with Crippen molar-refractivity contribution in [1.82, 2.24) is 0 Å². The zero-order chi connectivity index (χ0) is 14.8. The van der Waals surface area contributed by atoms with Gasteiger partial charge in [-0.2, -0.15) is 23.5 Å². The highest BCUT2D eigenvalue weighted by molar-refractivity contribution is 7.99. The lowest BCUT2D eigenvalue weighted by atomic mass is 10.00. The van der Waals surface area contributed by atoms with E-state index in [2.05, 4.69) is 0 Å². The first-order chi connectivity index (χ1) is 9.65. The molecule has 4 nitrogen and oxygen atoms in total. The summed E-state index contributed by atoms with van der Waals surface area (Å²) >= 11 is 3.61. The Morgan fingerprint density at radius 3 is 2.19 bits per heavy atom. The average molecular weight is 335 g/mol. The average Bonchev–Trinajstić information content (AvgIpc) is 2.65. The van der Waals surface area contributed by atoms with Gasteiger partial charge in [-0.05, 0) is 19.1 Å². The largest absolute Gasteiger partial charge is 0.465 e. The van der Waals surface area contributed by atoms with Gasteiger partial charge in [0.15, 0.2) is 0 Å². The molecule has 6 heteroatoms. The number of ether oxygens (including phenoxy) is 1. The van der Waals surface area contributed by atoms with Crippen molar-refractivity contribution in [2.75, 3.05) is 29.6 Å². The molecule has 0 bridgehead atoms. The zero-order valence-corrected chi connectivity index (χ0v) is 13.5. The second-order valence-corrected chi connectivity index (χ2v) is 7.02. The molecule has 0 amide bonds. The Hall–Kier alpha value is -0.490. The third-order valence-electron chi connectivity index (χ3n) is 3.05. The van der Waals surface area contributed by atoms with E-state index in [1.54, 1.807) is 18.7 Å². The molecule has 0 aliphatic carbocycles. The minimum Gasteiger partial charge on any atom is -0.465 e. The fraction of sp³-hybridized carbons (Fsp3) is 0.800. The SMILES string of the molecule is C.CCOC(=O)C1CCSCCC1=O.O=C1CCSCC1. The first kappa shape index (κ1) is 20.5. The maximum atomic E-state index is 11.4. The van der Waals surface area contributed by atoms with Gasteiger partial charge in [-0.25, -0.2) is 0 Å².